The number of ether oxygens (including phenoxy) is 2. The van der Waals surface area contributed by atoms with Gasteiger partial charge in [0.1, 0.15) is 17.3 Å². The lowest BCUT2D eigenvalue weighted by Crippen LogP contribution is -2.41. The summed E-state index contributed by atoms with van der Waals surface area (Å²) in [5, 5.41) is 20.6. The number of rotatable bonds is 11. The summed E-state index contributed by atoms with van der Waals surface area (Å²) < 4.78 is 11.2. The van der Waals surface area contributed by atoms with Crippen LogP contribution in [0.1, 0.15) is 37.5 Å². The van der Waals surface area contributed by atoms with E-state index in [0.717, 1.165) is 5.56 Å². The van der Waals surface area contributed by atoms with Crippen molar-refractivity contribution in [1.29, 1.82) is 5.41 Å². The van der Waals surface area contributed by atoms with Gasteiger partial charge >= 0.3 is 5.97 Å². The summed E-state index contributed by atoms with van der Waals surface area (Å²) in [6.07, 6.45) is 0.599. The third kappa shape index (κ3) is 5.44. The number of hydrogen-bond donors (Lipinski definition) is 5. The maximum absolute atomic E-state index is 12.4. The summed E-state index contributed by atoms with van der Waals surface area (Å²) in [5.41, 5.74) is 11.2. The number of nitrogens with two attached hydrogens (primary N) is 2. The molecule has 0 aliphatic rings. The molecule has 2 aromatic rings. The Hall–Kier alpha value is -3.75. The second-order valence-electron chi connectivity index (χ2n) is 7.04. The van der Waals surface area contributed by atoms with Crippen LogP contribution in [0.25, 0.3) is 0 Å². The molecule has 166 valence electrons. The number of amides is 1. The molecule has 9 heteroatoms. The Labute approximate surface area is 180 Å². The lowest BCUT2D eigenvalue weighted by atomic mass is 9.88. The molecule has 9 nitrogen and oxygen atoms in total. The Morgan fingerprint density at radius 1 is 1.10 bits per heavy atom. The quantitative estimate of drug-likeness (QED) is 0.271. The maximum atomic E-state index is 12.4. The first-order valence-electron chi connectivity index (χ1n) is 9.79. The van der Waals surface area contributed by atoms with E-state index in [9.17, 15) is 14.7 Å². The molecule has 0 radical (unpaired) electrons. The van der Waals surface area contributed by atoms with Gasteiger partial charge in [-0.2, -0.15) is 0 Å². The fraction of sp³-hybridized carbons (Fsp3) is 0.318. The molecule has 0 aliphatic carbocycles. The number of benzene rings is 2. The van der Waals surface area contributed by atoms with Crippen LogP contribution in [0.15, 0.2) is 36.4 Å². The van der Waals surface area contributed by atoms with Gasteiger partial charge in [0.2, 0.25) is 0 Å². The summed E-state index contributed by atoms with van der Waals surface area (Å²) in [4.78, 5) is 23.7. The maximum Gasteiger partial charge on any atom is 0.333 e. The SMILES string of the molecule is CCOc1cc(OCC(N)=O)c(C(C)(Nc2ccc(C(=N)N)cc2)C(=O)O)cc1CC. The largest absolute Gasteiger partial charge is 0.493 e. The van der Waals surface area contributed by atoms with E-state index >= 15 is 0 Å². The van der Waals surface area contributed by atoms with Crippen molar-refractivity contribution in [2.75, 3.05) is 18.5 Å². The standard InChI is InChI=1S/C22H28N4O5/c1-4-13-10-16(18(31-12-19(23)27)11-17(13)30-5-2)22(3,21(28)29)26-15-8-6-14(7-9-15)20(24)25/h6-11,26H,4-5,12H2,1-3H3,(H2,23,27)(H3,24,25)(H,28,29). The van der Waals surface area contributed by atoms with E-state index in [1.165, 1.54) is 6.92 Å². The predicted molar refractivity (Wildman–Crippen MR) is 118 cm³/mol. The molecule has 0 aromatic heterocycles. The predicted octanol–water partition coefficient (Wildman–Crippen LogP) is 2.21. The minimum Gasteiger partial charge on any atom is -0.493 e. The van der Waals surface area contributed by atoms with Crippen molar-refractivity contribution < 1.29 is 24.2 Å². The van der Waals surface area contributed by atoms with Crippen molar-refractivity contribution >= 4 is 23.4 Å². The van der Waals surface area contributed by atoms with Crippen molar-refractivity contribution in [2.24, 2.45) is 11.5 Å². The number of primary amides is 1. The molecule has 0 saturated carbocycles. The van der Waals surface area contributed by atoms with Crippen LogP contribution in [-0.2, 0) is 21.5 Å². The van der Waals surface area contributed by atoms with Gasteiger partial charge in [-0.1, -0.05) is 6.92 Å². The van der Waals surface area contributed by atoms with Crippen molar-refractivity contribution in [2.45, 2.75) is 32.7 Å². The van der Waals surface area contributed by atoms with Gasteiger partial charge in [-0.15, -0.1) is 0 Å². The number of aryl methyl sites for hydroxylation is 1. The number of aliphatic carboxylic acids is 1. The molecule has 1 unspecified atom stereocenters. The molecule has 2 aromatic carbocycles. The monoisotopic (exact) mass is 428 g/mol. The highest BCUT2D eigenvalue weighted by atomic mass is 16.5. The zero-order chi connectivity index (χ0) is 23.2. The van der Waals surface area contributed by atoms with Crippen LogP contribution in [0, 0.1) is 5.41 Å². The van der Waals surface area contributed by atoms with Gasteiger partial charge in [-0.05, 0) is 56.2 Å². The van der Waals surface area contributed by atoms with Gasteiger partial charge < -0.3 is 31.4 Å². The van der Waals surface area contributed by atoms with Crippen LogP contribution in [0.3, 0.4) is 0 Å². The number of carboxylic acid groups (broad SMARTS) is 1. The fourth-order valence-electron chi connectivity index (χ4n) is 3.09. The smallest absolute Gasteiger partial charge is 0.333 e. The Bertz CT molecular complexity index is 975. The van der Waals surface area contributed by atoms with Crippen LogP contribution < -0.4 is 26.3 Å². The molecule has 0 spiro atoms. The average Bonchev–Trinajstić information content (AvgIpc) is 2.72. The number of carbonyl (C=O) groups excluding carboxylic acids is 1. The lowest BCUT2D eigenvalue weighted by molar-refractivity contribution is -0.142. The summed E-state index contributed by atoms with van der Waals surface area (Å²) in [6.45, 7) is 5.27. The molecule has 0 saturated heterocycles. The number of hydrogen-bond acceptors (Lipinski definition) is 6. The first-order valence-corrected chi connectivity index (χ1v) is 9.79. The van der Waals surface area contributed by atoms with E-state index in [2.05, 4.69) is 5.32 Å². The van der Waals surface area contributed by atoms with E-state index in [-0.39, 0.29) is 11.6 Å². The molecular formula is C22H28N4O5. The third-order valence-corrected chi connectivity index (χ3v) is 4.77. The summed E-state index contributed by atoms with van der Waals surface area (Å²) in [5.74, 6) is -1.20. The summed E-state index contributed by atoms with van der Waals surface area (Å²) >= 11 is 0. The number of carbonyl (C=O) groups is 2. The van der Waals surface area contributed by atoms with Crippen LogP contribution >= 0.6 is 0 Å². The van der Waals surface area contributed by atoms with Crippen LogP contribution in [0.4, 0.5) is 5.69 Å². The second kappa shape index (κ2) is 9.84. The van der Waals surface area contributed by atoms with Gasteiger partial charge in [0.15, 0.2) is 12.1 Å². The van der Waals surface area contributed by atoms with E-state index in [1.54, 1.807) is 36.4 Å². The average molecular weight is 428 g/mol. The lowest BCUT2D eigenvalue weighted by Gasteiger charge is -2.30. The van der Waals surface area contributed by atoms with Gasteiger partial charge in [0.25, 0.3) is 5.91 Å². The normalized spacial score (nSPS) is 12.5. The van der Waals surface area contributed by atoms with Crippen LogP contribution in [-0.4, -0.2) is 36.0 Å². The van der Waals surface area contributed by atoms with Gasteiger partial charge in [0, 0.05) is 22.9 Å². The fourth-order valence-corrected chi connectivity index (χ4v) is 3.09. The Kier molecular flexibility index (Phi) is 7.47. The third-order valence-electron chi connectivity index (χ3n) is 4.77. The zero-order valence-electron chi connectivity index (χ0n) is 17.8. The van der Waals surface area contributed by atoms with Gasteiger partial charge in [-0.3, -0.25) is 10.2 Å². The summed E-state index contributed by atoms with van der Waals surface area (Å²) in [6, 6.07) is 9.79. The highest BCUT2D eigenvalue weighted by Gasteiger charge is 2.39. The van der Waals surface area contributed by atoms with Crippen molar-refractivity contribution in [1.82, 2.24) is 0 Å². The van der Waals surface area contributed by atoms with E-state index < -0.39 is 24.0 Å². The molecular weight excluding hydrogens is 400 g/mol. The topological polar surface area (TPSA) is 161 Å². The van der Waals surface area contributed by atoms with E-state index in [0.29, 0.717) is 35.6 Å². The van der Waals surface area contributed by atoms with Crippen LogP contribution in [0.2, 0.25) is 0 Å². The highest BCUT2D eigenvalue weighted by molar-refractivity contribution is 5.95. The van der Waals surface area contributed by atoms with Crippen molar-refractivity contribution in [3.63, 3.8) is 0 Å². The Balaban J connectivity index is 2.59. The van der Waals surface area contributed by atoms with Crippen LogP contribution in [0.5, 0.6) is 11.5 Å². The second-order valence-corrected chi connectivity index (χ2v) is 7.04. The molecule has 2 rings (SSSR count). The van der Waals surface area contributed by atoms with Gasteiger partial charge in [0.05, 0.1) is 6.61 Å². The minimum atomic E-state index is -1.61. The number of anilines is 1. The molecule has 0 aliphatic heterocycles. The Morgan fingerprint density at radius 2 is 1.74 bits per heavy atom. The summed E-state index contributed by atoms with van der Waals surface area (Å²) in [7, 11) is 0. The van der Waals surface area contributed by atoms with Crippen molar-refractivity contribution in [3.8, 4) is 11.5 Å². The number of nitrogens with one attached hydrogen (secondary N) is 2. The van der Waals surface area contributed by atoms with Crippen molar-refractivity contribution in [3.05, 3.63) is 53.1 Å². The highest BCUT2D eigenvalue weighted by Crippen LogP contribution is 2.38. The minimum absolute atomic E-state index is 0.0891. The molecule has 0 fully saturated rings. The first kappa shape index (κ1) is 23.5. The van der Waals surface area contributed by atoms with E-state index in [1.807, 2.05) is 13.8 Å². The number of nitrogen functional groups attached to an aromatic ring is 1. The molecule has 0 heterocycles. The molecule has 7 N–H and O–H groups in total. The number of carboxylic acids is 1. The number of amidine groups is 1. The molecule has 1 atom stereocenters. The molecule has 0 bridgehead atoms. The molecule has 1 amide bonds. The van der Waals surface area contributed by atoms with E-state index in [4.69, 9.17) is 26.4 Å². The zero-order valence-corrected chi connectivity index (χ0v) is 17.8. The Morgan fingerprint density at radius 3 is 2.23 bits per heavy atom. The molecule has 31 heavy (non-hydrogen) atoms. The first-order chi connectivity index (χ1) is 14.6. The van der Waals surface area contributed by atoms with Gasteiger partial charge in [-0.25, -0.2) is 4.79 Å².